The highest BCUT2D eigenvalue weighted by Crippen LogP contribution is 2.44. The van der Waals surface area contributed by atoms with Gasteiger partial charge in [0.2, 0.25) is 0 Å². The predicted octanol–water partition coefficient (Wildman–Crippen LogP) is 1.27. The molecule has 0 spiro atoms. The molecule has 0 bridgehead atoms. The highest BCUT2D eigenvalue weighted by atomic mass is 16.9. The van der Waals surface area contributed by atoms with Crippen molar-refractivity contribution in [2.45, 2.75) is 51.5 Å². The standard InChI is InChI=1S/C8H14O3/c1-7(2)5(10-7)9-6-8(3,4)11-6/h5-6H,1-4H3/t5-,6-/m1/s1. The lowest BCUT2D eigenvalue weighted by atomic mass is 10.2. The minimum absolute atomic E-state index is 0.0609. The second-order valence-corrected chi connectivity index (χ2v) is 4.24. The van der Waals surface area contributed by atoms with Crippen LogP contribution in [0.2, 0.25) is 0 Å². The van der Waals surface area contributed by atoms with Crippen molar-refractivity contribution in [3.8, 4) is 0 Å². The Hall–Kier alpha value is -0.120. The molecule has 64 valence electrons. The van der Waals surface area contributed by atoms with E-state index in [1.165, 1.54) is 0 Å². The van der Waals surface area contributed by atoms with E-state index in [-0.39, 0.29) is 23.8 Å². The molecule has 2 saturated heterocycles. The topological polar surface area (TPSA) is 34.3 Å². The number of hydrogen-bond donors (Lipinski definition) is 0. The lowest BCUT2D eigenvalue weighted by molar-refractivity contribution is -0.0108. The normalized spacial score (nSPS) is 43.6. The first-order valence-electron chi connectivity index (χ1n) is 3.93. The molecule has 0 aromatic rings. The summed E-state index contributed by atoms with van der Waals surface area (Å²) in [6.45, 7) is 8.03. The quantitative estimate of drug-likeness (QED) is 0.567. The maximum atomic E-state index is 5.46. The molecule has 2 aliphatic rings. The average Bonchev–Trinajstić information content (AvgIpc) is 2.54. The van der Waals surface area contributed by atoms with Gasteiger partial charge in [-0.05, 0) is 27.7 Å². The fourth-order valence-corrected chi connectivity index (χ4v) is 0.979. The molecular weight excluding hydrogens is 144 g/mol. The van der Waals surface area contributed by atoms with E-state index in [0.29, 0.717) is 0 Å². The largest absolute Gasteiger partial charge is 0.338 e. The smallest absolute Gasteiger partial charge is 0.190 e. The number of epoxide rings is 2. The zero-order valence-electron chi connectivity index (χ0n) is 7.38. The Balaban J connectivity index is 1.79. The summed E-state index contributed by atoms with van der Waals surface area (Å²) in [5.41, 5.74) is -0.190. The zero-order chi connectivity index (χ0) is 8.28. The van der Waals surface area contributed by atoms with Crippen LogP contribution >= 0.6 is 0 Å². The van der Waals surface area contributed by atoms with Crippen LogP contribution in [0.25, 0.3) is 0 Å². The lowest BCUT2D eigenvalue weighted by Crippen LogP contribution is -2.13. The Kier molecular flexibility index (Phi) is 1.22. The van der Waals surface area contributed by atoms with Crippen molar-refractivity contribution in [1.82, 2.24) is 0 Å². The molecule has 3 nitrogen and oxygen atoms in total. The summed E-state index contributed by atoms with van der Waals surface area (Å²) in [6.07, 6.45) is -0.122. The van der Waals surface area contributed by atoms with Crippen molar-refractivity contribution in [1.29, 1.82) is 0 Å². The molecule has 0 amide bonds. The van der Waals surface area contributed by atoms with Gasteiger partial charge in [-0.25, -0.2) is 0 Å². The fraction of sp³-hybridized carbons (Fsp3) is 1.00. The molecule has 2 aliphatic heterocycles. The van der Waals surface area contributed by atoms with Crippen LogP contribution in [-0.2, 0) is 14.2 Å². The van der Waals surface area contributed by atoms with E-state index < -0.39 is 0 Å². The Morgan fingerprint density at radius 2 is 1.18 bits per heavy atom. The van der Waals surface area contributed by atoms with Crippen molar-refractivity contribution >= 4 is 0 Å². The Bertz CT molecular complexity index is 166. The summed E-state index contributed by atoms with van der Waals surface area (Å²) >= 11 is 0. The summed E-state index contributed by atoms with van der Waals surface area (Å²) in [7, 11) is 0. The molecule has 11 heavy (non-hydrogen) atoms. The molecule has 0 aliphatic carbocycles. The van der Waals surface area contributed by atoms with Gasteiger partial charge in [-0.2, -0.15) is 0 Å². The third-order valence-corrected chi connectivity index (χ3v) is 2.09. The second-order valence-electron chi connectivity index (χ2n) is 4.24. The van der Waals surface area contributed by atoms with Gasteiger partial charge in [0.15, 0.2) is 12.6 Å². The van der Waals surface area contributed by atoms with E-state index in [1.807, 2.05) is 27.7 Å². The SMILES string of the molecule is CC1(C)O[C@H]1O[C@@H]1OC1(C)C. The summed E-state index contributed by atoms with van der Waals surface area (Å²) in [4.78, 5) is 0. The Labute approximate surface area is 66.6 Å². The fourth-order valence-electron chi connectivity index (χ4n) is 0.979. The molecule has 0 radical (unpaired) electrons. The van der Waals surface area contributed by atoms with Gasteiger partial charge in [-0.3, -0.25) is 0 Å². The molecule has 0 unspecified atom stereocenters. The van der Waals surface area contributed by atoms with Crippen LogP contribution in [0.4, 0.5) is 0 Å². The van der Waals surface area contributed by atoms with Crippen molar-refractivity contribution in [3.63, 3.8) is 0 Å². The average molecular weight is 158 g/mol. The van der Waals surface area contributed by atoms with E-state index in [0.717, 1.165) is 0 Å². The van der Waals surface area contributed by atoms with Gasteiger partial charge in [-0.1, -0.05) is 0 Å². The minimum atomic E-state index is -0.0952. The Morgan fingerprint density at radius 1 is 0.909 bits per heavy atom. The van der Waals surface area contributed by atoms with E-state index in [2.05, 4.69) is 0 Å². The first-order chi connectivity index (χ1) is 4.92. The van der Waals surface area contributed by atoms with Gasteiger partial charge in [0.1, 0.15) is 11.2 Å². The maximum absolute atomic E-state index is 5.46. The summed E-state index contributed by atoms with van der Waals surface area (Å²) < 4.78 is 16.0. The first kappa shape index (κ1) is 7.53. The van der Waals surface area contributed by atoms with E-state index in [4.69, 9.17) is 14.2 Å². The zero-order valence-corrected chi connectivity index (χ0v) is 7.38. The van der Waals surface area contributed by atoms with Gasteiger partial charge in [0.05, 0.1) is 0 Å². The van der Waals surface area contributed by atoms with Crippen molar-refractivity contribution in [3.05, 3.63) is 0 Å². The van der Waals surface area contributed by atoms with E-state index in [9.17, 15) is 0 Å². The monoisotopic (exact) mass is 158 g/mol. The van der Waals surface area contributed by atoms with Crippen molar-refractivity contribution in [2.75, 3.05) is 0 Å². The molecule has 0 N–H and O–H groups in total. The Morgan fingerprint density at radius 3 is 1.36 bits per heavy atom. The van der Waals surface area contributed by atoms with Gasteiger partial charge < -0.3 is 14.2 Å². The number of hydrogen-bond acceptors (Lipinski definition) is 3. The van der Waals surface area contributed by atoms with Crippen LogP contribution in [0.15, 0.2) is 0 Å². The summed E-state index contributed by atoms with van der Waals surface area (Å²) in [5, 5.41) is 0. The molecule has 0 saturated carbocycles. The number of ether oxygens (including phenoxy) is 3. The predicted molar refractivity (Wildman–Crippen MR) is 39.0 cm³/mol. The van der Waals surface area contributed by atoms with Crippen molar-refractivity contribution in [2.24, 2.45) is 0 Å². The minimum Gasteiger partial charge on any atom is -0.338 e. The molecule has 2 atom stereocenters. The first-order valence-corrected chi connectivity index (χ1v) is 3.93. The van der Waals surface area contributed by atoms with Gasteiger partial charge in [0.25, 0.3) is 0 Å². The second kappa shape index (κ2) is 1.79. The van der Waals surface area contributed by atoms with Crippen LogP contribution in [0.5, 0.6) is 0 Å². The molecule has 3 heteroatoms. The highest BCUT2D eigenvalue weighted by Gasteiger charge is 2.58. The highest BCUT2D eigenvalue weighted by molar-refractivity contribution is 4.94. The molecular formula is C8H14O3. The molecule has 2 heterocycles. The molecule has 2 rings (SSSR count). The third kappa shape index (κ3) is 1.28. The van der Waals surface area contributed by atoms with E-state index in [1.54, 1.807) is 0 Å². The van der Waals surface area contributed by atoms with Crippen LogP contribution in [0, 0.1) is 0 Å². The van der Waals surface area contributed by atoms with Crippen molar-refractivity contribution < 1.29 is 14.2 Å². The maximum Gasteiger partial charge on any atom is 0.190 e. The van der Waals surface area contributed by atoms with Crippen LogP contribution < -0.4 is 0 Å². The third-order valence-electron chi connectivity index (χ3n) is 2.09. The summed E-state index contributed by atoms with van der Waals surface area (Å²) in [6, 6.07) is 0. The van der Waals surface area contributed by atoms with Crippen LogP contribution in [0.1, 0.15) is 27.7 Å². The lowest BCUT2D eigenvalue weighted by Gasteiger charge is -1.97. The number of rotatable bonds is 2. The summed E-state index contributed by atoms with van der Waals surface area (Å²) in [5.74, 6) is 0. The molecule has 0 aromatic heterocycles. The van der Waals surface area contributed by atoms with Crippen LogP contribution in [0.3, 0.4) is 0 Å². The van der Waals surface area contributed by atoms with Gasteiger partial charge in [0, 0.05) is 0 Å². The molecule has 0 aromatic carbocycles. The van der Waals surface area contributed by atoms with E-state index >= 15 is 0 Å². The van der Waals surface area contributed by atoms with Gasteiger partial charge >= 0.3 is 0 Å². The van der Waals surface area contributed by atoms with Crippen LogP contribution in [-0.4, -0.2) is 23.8 Å². The molecule has 2 fully saturated rings. The van der Waals surface area contributed by atoms with Gasteiger partial charge in [-0.15, -0.1) is 0 Å².